The van der Waals surface area contributed by atoms with Crippen LogP contribution in [0, 0.1) is 10.1 Å². The van der Waals surface area contributed by atoms with Gasteiger partial charge in [0.15, 0.2) is 17.3 Å². The predicted octanol–water partition coefficient (Wildman–Crippen LogP) is 5.75. The summed E-state index contributed by atoms with van der Waals surface area (Å²) in [6.07, 6.45) is 1.48. The molecule has 0 saturated carbocycles. The molecule has 1 aliphatic heterocycles. The SMILES string of the molecule is COc1ccc(/C=C2/C(=O)N(c3c(Cl)cc(Cl)cc3Cl)N=C2NC(=O)c2cccc([N+](=O)[O-])c2)cc1OC. The number of anilines is 1. The van der Waals surface area contributed by atoms with Gasteiger partial charge in [-0.05, 0) is 42.0 Å². The largest absolute Gasteiger partial charge is 0.493 e. The second kappa shape index (κ2) is 11.1. The monoisotopic (exact) mass is 574 g/mol. The molecule has 0 atom stereocenters. The maximum absolute atomic E-state index is 13.5. The van der Waals surface area contributed by atoms with Crippen LogP contribution in [0.5, 0.6) is 11.5 Å². The first-order valence-electron chi connectivity index (χ1n) is 10.7. The van der Waals surface area contributed by atoms with Crippen molar-refractivity contribution in [3.63, 3.8) is 0 Å². The van der Waals surface area contributed by atoms with E-state index in [1.54, 1.807) is 18.2 Å². The molecule has 1 heterocycles. The molecule has 0 saturated heterocycles. The lowest BCUT2D eigenvalue weighted by atomic mass is 10.1. The molecule has 3 aromatic rings. The summed E-state index contributed by atoms with van der Waals surface area (Å²) in [5.74, 6) is -0.633. The van der Waals surface area contributed by atoms with Crippen molar-refractivity contribution in [2.45, 2.75) is 0 Å². The van der Waals surface area contributed by atoms with E-state index in [0.717, 1.165) is 11.1 Å². The number of carbonyl (C=O) groups excluding carboxylic acids is 2. The molecule has 0 aromatic heterocycles. The summed E-state index contributed by atoms with van der Waals surface area (Å²) in [6.45, 7) is 0. The second-order valence-corrected chi connectivity index (χ2v) is 8.97. The molecule has 1 aliphatic rings. The van der Waals surface area contributed by atoms with Crippen molar-refractivity contribution < 1.29 is 24.0 Å². The minimum Gasteiger partial charge on any atom is -0.493 e. The van der Waals surface area contributed by atoms with Crippen LogP contribution in [0.25, 0.3) is 6.08 Å². The number of nitro benzene ring substituents is 1. The topological polar surface area (TPSA) is 123 Å². The number of hydrogen-bond acceptors (Lipinski definition) is 7. The van der Waals surface area contributed by atoms with E-state index in [1.165, 1.54) is 50.6 Å². The normalized spacial score (nSPS) is 13.9. The fourth-order valence-electron chi connectivity index (χ4n) is 3.58. The van der Waals surface area contributed by atoms with Crippen LogP contribution < -0.4 is 19.8 Å². The Hall–Kier alpha value is -4.12. The van der Waals surface area contributed by atoms with E-state index in [1.807, 2.05) is 0 Å². The molecule has 0 unspecified atom stereocenters. The minimum atomic E-state index is -0.728. The Kier molecular flexibility index (Phi) is 7.86. The van der Waals surface area contributed by atoms with Gasteiger partial charge in [0.25, 0.3) is 17.5 Å². The van der Waals surface area contributed by atoms with E-state index in [-0.39, 0.29) is 43.4 Å². The molecular formula is C25H17Cl3N4O6. The molecule has 0 fully saturated rings. The van der Waals surface area contributed by atoms with E-state index in [0.29, 0.717) is 17.1 Å². The van der Waals surface area contributed by atoms with Crippen LogP contribution in [0.15, 0.2) is 65.3 Å². The third-order valence-corrected chi connectivity index (χ3v) is 6.14. The molecule has 2 amide bonds. The standard InChI is InChI=1S/C25H17Cl3N4O6/c1-37-20-7-6-13(9-21(20)38-2)8-17-23(29-24(33)14-4-3-5-16(10-14)32(35)36)30-31(25(17)34)22-18(27)11-15(26)12-19(22)28/h3-12H,1-2H3,(H,29,30,33)/b17-8+. The number of nitro groups is 1. The fourth-order valence-corrected chi connectivity index (χ4v) is 4.55. The van der Waals surface area contributed by atoms with Gasteiger partial charge in [0, 0.05) is 22.7 Å². The highest BCUT2D eigenvalue weighted by Gasteiger charge is 2.35. The third-order valence-electron chi connectivity index (χ3n) is 5.34. The molecule has 0 spiro atoms. The molecule has 13 heteroatoms. The van der Waals surface area contributed by atoms with Crippen molar-refractivity contribution in [2.24, 2.45) is 5.10 Å². The molecular weight excluding hydrogens is 559 g/mol. The van der Waals surface area contributed by atoms with E-state index in [9.17, 15) is 19.7 Å². The summed E-state index contributed by atoms with van der Waals surface area (Å²) >= 11 is 18.7. The number of methoxy groups -OCH3 is 2. The zero-order chi connectivity index (χ0) is 27.6. The van der Waals surface area contributed by atoms with Crippen molar-refractivity contribution in [3.05, 3.63) is 96.5 Å². The first kappa shape index (κ1) is 26.9. The van der Waals surface area contributed by atoms with Gasteiger partial charge in [-0.2, -0.15) is 5.01 Å². The van der Waals surface area contributed by atoms with Gasteiger partial charge < -0.3 is 14.8 Å². The first-order valence-corrected chi connectivity index (χ1v) is 11.8. The van der Waals surface area contributed by atoms with Gasteiger partial charge in [-0.25, -0.2) is 0 Å². The highest BCUT2D eigenvalue weighted by molar-refractivity contribution is 6.44. The van der Waals surface area contributed by atoms with Crippen LogP contribution >= 0.6 is 34.8 Å². The predicted molar refractivity (Wildman–Crippen MR) is 144 cm³/mol. The zero-order valence-electron chi connectivity index (χ0n) is 19.7. The van der Waals surface area contributed by atoms with Gasteiger partial charge in [-0.3, -0.25) is 19.7 Å². The van der Waals surface area contributed by atoms with Gasteiger partial charge >= 0.3 is 0 Å². The molecule has 1 N–H and O–H groups in total. The van der Waals surface area contributed by atoms with Crippen LogP contribution in [0.3, 0.4) is 0 Å². The zero-order valence-corrected chi connectivity index (χ0v) is 22.0. The number of rotatable bonds is 6. The molecule has 0 bridgehead atoms. The maximum atomic E-state index is 13.5. The van der Waals surface area contributed by atoms with Crippen molar-refractivity contribution in [1.29, 1.82) is 0 Å². The summed E-state index contributed by atoms with van der Waals surface area (Å²) in [6, 6.07) is 12.9. The minimum absolute atomic E-state index is 0.0131. The van der Waals surface area contributed by atoms with Gasteiger partial charge in [0.2, 0.25) is 0 Å². The fraction of sp³-hybridized carbons (Fsp3) is 0.0800. The number of hydrogen-bond donors (Lipinski definition) is 1. The molecule has 194 valence electrons. The van der Waals surface area contributed by atoms with Crippen LogP contribution in [0.1, 0.15) is 15.9 Å². The molecule has 38 heavy (non-hydrogen) atoms. The Bertz CT molecular complexity index is 1520. The van der Waals surface area contributed by atoms with Crippen molar-refractivity contribution >= 4 is 69.9 Å². The lowest BCUT2D eigenvalue weighted by Gasteiger charge is -2.15. The highest BCUT2D eigenvalue weighted by Crippen LogP contribution is 2.39. The average molecular weight is 576 g/mol. The van der Waals surface area contributed by atoms with Gasteiger partial charge in [0.05, 0.1) is 34.8 Å². The quantitative estimate of drug-likeness (QED) is 0.227. The van der Waals surface area contributed by atoms with Gasteiger partial charge in [-0.15, -0.1) is 5.10 Å². The Labute approximate surface area is 231 Å². The van der Waals surface area contributed by atoms with Crippen LogP contribution in [-0.2, 0) is 4.79 Å². The maximum Gasteiger partial charge on any atom is 0.282 e. The number of nitrogens with one attached hydrogen (secondary N) is 1. The summed E-state index contributed by atoms with van der Waals surface area (Å²) < 4.78 is 10.6. The average Bonchev–Trinajstić information content (AvgIpc) is 3.17. The van der Waals surface area contributed by atoms with Gasteiger partial charge in [-0.1, -0.05) is 46.9 Å². The molecule has 0 aliphatic carbocycles. The Morgan fingerprint density at radius 1 is 1.03 bits per heavy atom. The van der Waals surface area contributed by atoms with E-state index in [4.69, 9.17) is 44.3 Å². The highest BCUT2D eigenvalue weighted by atomic mass is 35.5. The van der Waals surface area contributed by atoms with E-state index >= 15 is 0 Å². The van der Waals surface area contributed by atoms with Crippen molar-refractivity contribution in [1.82, 2.24) is 5.32 Å². The molecule has 0 radical (unpaired) electrons. The molecule has 10 nitrogen and oxygen atoms in total. The number of non-ortho nitro benzene ring substituents is 1. The summed E-state index contributed by atoms with van der Waals surface area (Å²) in [7, 11) is 2.95. The summed E-state index contributed by atoms with van der Waals surface area (Å²) in [5.41, 5.74) is 0.280. The number of ether oxygens (including phenoxy) is 2. The lowest BCUT2D eigenvalue weighted by molar-refractivity contribution is -0.384. The van der Waals surface area contributed by atoms with Crippen LogP contribution in [0.2, 0.25) is 15.1 Å². The number of benzene rings is 3. The lowest BCUT2D eigenvalue weighted by Crippen LogP contribution is -2.31. The smallest absolute Gasteiger partial charge is 0.282 e. The van der Waals surface area contributed by atoms with Crippen molar-refractivity contribution in [2.75, 3.05) is 19.2 Å². The Morgan fingerprint density at radius 2 is 1.71 bits per heavy atom. The number of carbonyl (C=O) groups is 2. The number of amides is 2. The number of nitrogens with zero attached hydrogens (tertiary/aromatic N) is 3. The summed E-state index contributed by atoms with van der Waals surface area (Å²) in [5, 5.41) is 19.3. The Morgan fingerprint density at radius 3 is 2.34 bits per heavy atom. The summed E-state index contributed by atoms with van der Waals surface area (Å²) in [4.78, 5) is 37.1. The van der Waals surface area contributed by atoms with E-state index < -0.39 is 16.7 Å². The molecule has 3 aromatic carbocycles. The van der Waals surface area contributed by atoms with Crippen molar-refractivity contribution in [3.8, 4) is 11.5 Å². The van der Waals surface area contributed by atoms with Gasteiger partial charge in [0.1, 0.15) is 5.69 Å². The molecule has 4 rings (SSSR count). The number of halogens is 3. The first-order chi connectivity index (χ1) is 18.1. The van der Waals surface area contributed by atoms with Crippen LogP contribution in [-0.4, -0.2) is 36.8 Å². The third kappa shape index (κ3) is 5.42. The number of amidine groups is 1. The Balaban J connectivity index is 1.79. The second-order valence-electron chi connectivity index (χ2n) is 7.72. The van der Waals surface area contributed by atoms with E-state index in [2.05, 4.69) is 10.4 Å². The van der Waals surface area contributed by atoms with Crippen LogP contribution in [0.4, 0.5) is 11.4 Å². The number of hydrazone groups is 1.